The Morgan fingerprint density at radius 3 is 2.56 bits per heavy atom. The Morgan fingerprint density at radius 1 is 1.26 bits per heavy atom. The second kappa shape index (κ2) is 8.15. The summed E-state index contributed by atoms with van der Waals surface area (Å²) in [5.41, 5.74) is 1.57. The summed E-state index contributed by atoms with van der Waals surface area (Å²) in [5, 5.41) is 4.50. The van der Waals surface area contributed by atoms with E-state index in [-0.39, 0.29) is 12.6 Å². The van der Waals surface area contributed by atoms with Crippen LogP contribution in [-0.2, 0) is 11.3 Å². The maximum absolute atomic E-state index is 12.4. The number of urea groups is 1. The monoisotopic (exact) mass is 383 g/mol. The van der Waals surface area contributed by atoms with Gasteiger partial charge in [0.1, 0.15) is 5.76 Å². The van der Waals surface area contributed by atoms with Gasteiger partial charge in [0.15, 0.2) is 0 Å². The highest BCUT2D eigenvalue weighted by Crippen LogP contribution is 2.21. The molecule has 1 aromatic heterocycles. The molecule has 1 heterocycles. The first-order valence-corrected chi connectivity index (χ1v) is 8.10. The van der Waals surface area contributed by atoms with Crippen molar-refractivity contribution in [3.8, 4) is 0 Å². The Balaban J connectivity index is 2.04. The van der Waals surface area contributed by atoms with Gasteiger partial charge in [0.2, 0.25) is 0 Å². The van der Waals surface area contributed by atoms with E-state index < -0.39 is 18.1 Å². The zero-order chi connectivity index (χ0) is 20.2. The molecule has 0 bridgehead atoms. The third-order valence-corrected chi connectivity index (χ3v) is 3.96. The van der Waals surface area contributed by atoms with Gasteiger partial charge in [-0.15, -0.1) is 0 Å². The number of benzene rings is 1. The molecule has 1 unspecified atom stereocenters. The van der Waals surface area contributed by atoms with E-state index in [1.54, 1.807) is 50.5 Å². The smallest absolute Gasteiger partial charge is 0.467 e. The van der Waals surface area contributed by atoms with Crippen LogP contribution in [0, 0.1) is 6.92 Å². The molecule has 2 aromatic rings. The maximum Gasteiger partial charge on any atom is 0.471 e. The molecule has 0 fully saturated rings. The average Bonchev–Trinajstić information content (AvgIpc) is 3.11. The number of halogens is 3. The van der Waals surface area contributed by atoms with Crippen molar-refractivity contribution in [2.75, 3.05) is 12.4 Å². The Hall–Kier alpha value is -2.97. The second-order valence-corrected chi connectivity index (χ2v) is 6.12. The van der Waals surface area contributed by atoms with Gasteiger partial charge in [-0.2, -0.15) is 13.2 Å². The van der Waals surface area contributed by atoms with Crippen molar-refractivity contribution in [2.24, 2.45) is 0 Å². The fourth-order valence-corrected chi connectivity index (χ4v) is 2.43. The summed E-state index contributed by atoms with van der Waals surface area (Å²) in [4.78, 5) is 24.8. The lowest BCUT2D eigenvalue weighted by atomic mass is 10.1. The maximum atomic E-state index is 12.4. The molecule has 0 saturated heterocycles. The van der Waals surface area contributed by atoms with Gasteiger partial charge in [-0.05, 0) is 49.2 Å². The quantitative estimate of drug-likeness (QED) is 0.820. The van der Waals surface area contributed by atoms with Gasteiger partial charge in [-0.3, -0.25) is 4.79 Å². The van der Waals surface area contributed by atoms with Crippen molar-refractivity contribution < 1.29 is 27.2 Å². The molecule has 0 aliphatic heterocycles. The number of nitrogens with zero attached hydrogens (tertiary/aromatic N) is 1. The number of carbonyl (C=O) groups is 2. The first kappa shape index (κ1) is 20.3. The van der Waals surface area contributed by atoms with Crippen molar-refractivity contribution in [3.05, 3.63) is 53.5 Å². The number of hydrogen-bond acceptors (Lipinski definition) is 3. The number of aryl methyl sites for hydroxylation is 1. The van der Waals surface area contributed by atoms with Crippen molar-refractivity contribution in [3.63, 3.8) is 0 Å². The number of rotatable bonds is 5. The minimum Gasteiger partial charge on any atom is -0.467 e. The number of furan rings is 1. The summed E-state index contributed by atoms with van der Waals surface area (Å²) in [5.74, 6) is -1.39. The molecule has 27 heavy (non-hydrogen) atoms. The molecule has 2 N–H and O–H groups in total. The zero-order valence-electron chi connectivity index (χ0n) is 15.1. The lowest BCUT2D eigenvalue weighted by Crippen LogP contribution is -2.36. The van der Waals surface area contributed by atoms with E-state index in [0.717, 1.165) is 5.56 Å². The first-order chi connectivity index (χ1) is 12.6. The van der Waals surface area contributed by atoms with Gasteiger partial charge in [-0.25, -0.2) is 4.79 Å². The third-order valence-electron chi connectivity index (χ3n) is 3.96. The molecule has 0 spiro atoms. The van der Waals surface area contributed by atoms with E-state index in [2.05, 4.69) is 5.32 Å². The molecule has 0 saturated carbocycles. The number of alkyl halides is 3. The van der Waals surface area contributed by atoms with Crippen LogP contribution in [0.2, 0.25) is 0 Å². The summed E-state index contributed by atoms with van der Waals surface area (Å²) >= 11 is 0. The van der Waals surface area contributed by atoms with Crippen LogP contribution in [-0.4, -0.2) is 30.1 Å². The summed E-state index contributed by atoms with van der Waals surface area (Å²) in [6, 6.07) is 7.57. The van der Waals surface area contributed by atoms with Crippen molar-refractivity contribution >= 4 is 17.6 Å². The lowest BCUT2D eigenvalue weighted by Gasteiger charge is -2.24. The number of anilines is 1. The van der Waals surface area contributed by atoms with Gasteiger partial charge in [-0.1, -0.05) is 6.07 Å². The molecule has 1 aromatic carbocycles. The number of nitrogens with one attached hydrogen (secondary N) is 2. The van der Waals surface area contributed by atoms with Crippen molar-refractivity contribution in [1.29, 1.82) is 0 Å². The molecule has 3 amide bonds. The van der Waals surface area contributed by atoms with E-state index in [0.29, 0.717) is 17.0 Å². The van der Waals surface area contributed by atoms with Crippen LogP contribution in [0.3, 0.4) is 0 Å². The van der Waals surface area contributed by atoms with Gasteiger partial charge in [0.05, 0.1) is 12.3 Å². The van der Waals surface area contributed by atoms with Gasteiger partial charge in [0.25, 0.3) is 0 Å². The minimum absolute atomic E-state index is 0.304. The molecule has 146 valence electrons. The van der Waals surface area contributed by atoms with Crippen LogP contribution in [0.5, 0.6) is 0 Å². The fourth-order valence-electron chi connectivity index (χ4n) is 2.43. The molecule has 9 heteroatoms. The molecular weight excluding hydrogens is 363 g/mol. The predicted octanol–water partition coefficient (Wildman–Crippen LogP) is 3.99. The zero-order valence-corrected chi connectivity index (χ0v) is 15.1. The van der Waals surface area contributed by atoms with Crippen LogP contribution >= 0.6 is 0 Å². The molecule has 0 aliphatic carbocycles. The molecule has 0 radical (unpaired) electrons. The van der Waals surface area contributed by atoms with Crippen molar-refractivity contribution in [2.45, 2.75) is 32.6 Å². The van der Waals surface area contributed by atoms with Gasteiger partial charge < -0.3 is 20.0 Å². The summed E-state index contributed by atoms with van der Waals surface area (Å²) in [6.07, 6.45) is -3.43. The molecule has 6 nitrogen and oxygen atoms in total. The Morgan fingerprint density at radius 2 is 1.96 bits per heavy atom. The van der Waals surface area contributed by atoms with E-state index in [9.17, 15) is 22.8 Å². The summed E-state index contributed by atoms with van der Waals surface area (Å²) < 4.78 is 42.1. The molecule has 2 rings (SSSR count). The topological polar surface area (TPSA) is 74.6 Å². The Labute approximate surface area is 154 Å². The highest BCUT2D eigenvalue weighted by atomic mass is 19.4. The van der Waals surface area contributed by atoms with Crippen LogP contribution in [0.4, 0.5) is 23.7 Å². The van der Waals surface area contributed by atoms with E-state index in [1.165, 1.54) is 17.2 Å². The van der Waals surface area contributed by atoms with Crippen LogP contribution in [0.1, 0.15) is 29.9 Å². The highest BCUT2D eigenvalue weighted by Gasteiger charge is 2.38. The van der Waals surface area contributed by atoms with E-state index in [4.69, 9.17) is 4.42 Å². The van der Waals surface area contributed by atoms with Crippen molar-refractivity contribution in [1.82, 2.24) is 10.2 Å². The number of amides is 3. The fraction of sp³-hybridized carbons (Fsp3) is 0.333. The average molecular weight is 383 g/mol. The Bertz CT molecular complexity index is 804. The van der Waals surface area contributed by atoms with Crippen LogP contribution in [0.25, 0.3) is 0 Å². The number of carbonyl (C=O) groups excluding carboxylic acids is 2. The third kappa shape index (κ3) is 5.50. The summed E-state index contributed by atoms with van der Waals surface area (Å²) in [7, 11) is 1.60. The molecule has 0 aliphatic rings. The minimum atomic E-state index is -4.94. The normalized spacial score (nSPS) is 12.4. The standard InChI is InChI=1S/C18H20F3N3O3/c1-11-7-13(10-22-16(25)18(19,20)21)9-14(8-11)23-17(26)24(3)12(2)15-5-4-6-27-15/h4-9,12H,10H2,1-3H3,(H,22,25)(H,23,26). The SMILES string of the molecule is Cc1cc(CNC(=O)C(F)(F)F)cc(NC(=O)N(C)C(C)c2ccco2)c1. The summed E-state index contributed by atoms with van der Waals surface area (Å²) in [6.45, 7) is 3.23. The highest BCUT2D eigenvalue weighted by molar-refractivity contribution is 5.89. The van der Waals surface area contributed by atoms with Crippen LogP contribution < -0.4 is 10.6 Å². The van der Waals surface area contributed by atoms with Gasteiger partial charge in [0, 0.05) is 19.3 Å². The second-order valence-electron chi connectivity index (χ2n) is 6.12. The molecule has 1 atom stereocenters. The Kier molecular flexibility index (Phi) is 6.14. The first-order valence-electron chi connectivity index (χ1n) is 8.10. The van der Waals surface area contributed by atoms with E-state index >= 15 is 0 Å². The predicted molar refractivity (Wildman–Crippen MR) is 93.0 cm³/mol. The largest absolute Gasteiger partial charge is 0.471 e. The van der Waals surface area contributed by atoms with E-state index in [1.807, 2.05) is 0 Å². The van der Waals surface area contributed by atoms with Gasteiger partial charge >= 0.3 is 18.1 Å². The number of hydrogen-bond donors (Lipinski definition) is 2. The lowest BCUT2D eigenvalue weighted by molar-refractivity contribution is -0.173. The molecular formula is C18H20F3N3O3. The van der Waals surface area contributed by atoms with Crippen LogP contribution in [0.15, 0.2) is 41.0 Å².